The fourth-order valence-corrected chi connectivity index (χ4v) is 1.76. The first-order chi connectivity index (χ1) is 7.40. The van der Waals surface area contributed by atoms with Gasteiger partial charge in [-0.2, -0.15) is 0 Å². The van der Waals surface area contributed by atoms with E-state index in [2.05, 4.69) is 15.3 Å². The first-order valence-electron chi connectivity index (χ1n) is 4.50. The monoisotopic (exact) mass is 221 g/mol. The fraction of sp³-hybridized carbons (Fsp3) is 0.200. The third kappa shape index (κ3) is 2.44. The zero-order valence-corrected chi connectivity index (χ0v) is 9.12. The molecule has 78 valence electrons. The van der Waals surface area contributed by atoms with E-state index in [1.54, 1.807) is 24.6 Å². The summed E-state index contributed by atoms with van der Waals surface area (Å²) in [7, 11) is 1.61. The lowest BCUT2D eigenvalue weighted by Crippen LogP contribution is -2.02. The van der Waals surface area contributed by atoms with Gasteiger partial charge < -0.3 is 10.1 Å². The van der Waals surface area contributed by atoms with Crippen LogP contribution in [0.15, 0.2) is 29.2 Å². The number of ether oxygens (including phenoxy) is 1. The molecule has 5 heteroatoms. The minimum Gasteiger partial charge on any atom is -0.480 e. The number of nitrogens with zero attached hydrogens (tertiary/aromatic N) is 2. The summed E-state index contributed by atoms with van der Waals surface area (Å²) in [6.07, 6.45) is 1.70. The van der Waals surface area contributed by atoms with Gasteiger partial charge in [0, 0.05) is 11.6 Å². The van der Waals surface area contributed by atoms with E-state index in [0.29, 0.717) is 12.4 Å². The second kappa shape index (κ2) is 4.75. The molecule has 0 unspecified atom stereocenters. The lowest BCUT2D eigenvalue weighted by Gasteiger charge is -2.07. The molecule has 0 aromatic carbocycles. The Balaban J connectivity index is 2.04. The molecule has 2 aromatic rings. The molecule has 0 radical (unpaired) electrons. The van der Waals surface area contributed by atoms with E-state index in [4.69, 9.17) is 4.74 Å². The largest absolute Gasteiger partial charge is 0.480 e. The molecule has 0 bridgehead atoms. The van der Waals surface area contributed by atoms with Crippen molar-refractivity contribution in [2.75, 3.05) is 12.4 Å². The van der Waals surface area contributed by atoms with Crippen LogP contribution in [0.2, 0.25) is 0 Å². The van der Waals surface area contributed by atoms with Gasteiger partial charge in [0.05, 0.1) is 30.5 Å². The molecule has 0 fully saturated rings. The van der Waals surface area contributed by atoms with E-state index in [9.17, 15) is 0 Å². The fourth-order valence-electron chi connectivity index (χ4n) is 1.20. The lowest BCUT2D eigenvalue weighted by molar-refractivity contribution is 0.399. The summed E-state index contributed by atoms with van der Waals surface area (Å²) in [5.41, 5.74) is 3.72. The Morgan fingerprint density at radius 1 is 1.47 bits per heavy atom. The smallest absolute Gasteiger partial charge is 0.237 e. The van der Waals surface area contributed by atoms with Gasteiger partial charge in [-0.3, -0.25) is 0 Å². The van der Waals surface area contributed by atoms with Crippen LogP contribution >= 0.6 is 11.3 Å². The molecule has 0 aliphatic carbocycles. The van der Waals surface area contributed by atoms with Crippen molar-refractivity contribution >= 4 is 17.0 Å². The van der Waals surface area contributed by atoms with Gasteiger partial charge in [0.15, 0.2) is 0 Å². The van der Waals surface area contributed by atoms with Crippen molar-refractivity contribution in [2.45, 2.75) is 6.54 Å². The van der Waals surface area contributed by atoms with Crippen molar-refractivity contribution in [3.05, 3.63) is 34.9 Å². The number of nitrogens with one attached hydrogen (secondary N) is 1. The minimum atomic E-state index is 0.604. The number of hydrogen-bond donors (Lipinski definition) is 1. The lowest BCUT2D eigenvalue weighted by atomic mass is 10.4. The van der Waals surface area contributed by atoms with E-state index in [1.807, 2.05) is 23.0 Å². The van der Waals surface area contributed by atoms with Crippen molar-refractivity contribution in [2.24, 2.45) is 0 Å². The van der Waals surface area contributed by atoms with E-state index < -0.39 is 0 Å². The van der Waals surface area contributed by atoms with E-state index in [-0.39, 0.29) is 0 Å². The second-order valence-electron chi connectivity index (χ2n) is 2.89. The molecule has 0 spiro atoms. The average Bonchev–Trinajstić information content (AvgIpc) is 2.79. The number of hydrogen-bond acceptors (Lipinski definition) is 5. The Morgan fingerprint density at radius 2 is 2.40 bits per heavy atom. The minimum absolute atomic E-state index is 0.604. The van der Waals surface area contributed by atoms with Gasteiger partial charge >= 0.3 is 0 Å². The highest BCUT2D eigenvalue weighted by Crippen LogP contribution is 2.20. The topological polar surface area (TPSA) is 47.0 Å². The molecule has 2 rings (SSSR count). The van der Waals surface area contributed by atoms with E-state index >= 15 is 0 Å². The van der Waals surface area contributed by atoms with Crippen LogP contribution in [0.1, 0.15) is 5.69 Å². The SMILES string of the molecule is COc1ncccc1NCc1cscn1. The Morgan fingerprint density at radius 3 is 3.13 bits per heavy atom. The van der Waals surface area contributed by atoms with Gasteiger partial charge in [-0.25, -0.2) is 9.97 Å². The van der Waals surface area contributed by atoms with Crippen LogP contribution in [0.4, 0.5) is 5.69 Å². The van der Waals surface area contributed by atoms with Gasteiger partial charge in [0.2, 0.25) is 5.88 Å². The van der Waals surface area contributed by atoms with Crippen LogP contribution in [0, 0.1) is 0 Å². The molecule has 0 saturated carbocycles. The summed E-state index contributed by atoms with van der Waals surface area (Å²) in [5.74, 6) is 0.604. The molecule has 2 aromatic heterocycles. The Hall–Kier alpha value is -1.62. The maximum atomic E-state index is 5.12. The quantitative estimate of drug-likeness (QED) is 0.859. The summed E-state index contributed by atoms with van der Waals surface area (Å²) in [4.78, 5) is 8.28. The van der Waals surface area contributed by atoms with Crippen LogP contribution in [0.3, 0.4) is 0 Å². The van der Waals surface area contributed by atoms with E-state index in [0.717, 1.165) is 11.4 Å². The summed E-state index contributed by atoms with van der Waals surface area (Å²) in [6.45, 7) is 0.686. The van der Waals surface area contributed by atoms with Crippen LogP contribution in [0.25, 0.3) is 0 Å². The zero-order valence-electron chi connectivity index (χ0n) is 8.30. The summed E-state index contributed by atoms with van der Waals surface area (Å²) < 4.78 is 5.12. The molecule has 2 heterocycles. The predicted molar refractivity (Wildman–Crippen MR) is 60.2 cm³/mol. The molecule has 0 aliphatic heterocycles. The molecule has 0 saturated heterocycles. The summed E-state index contributed by atoms with van der Waals surface area (Å²) in [6, 6.07) is 3.80. The maximum absolute atomic E-state index is 5.12. The molecule has 0 amide bonds. The third-order valence-electron chi connectivity index (χ3n) is 1.91. The van der Waals surface area contributed by atoms with Crippen molar-refractivity contribution in [3.8, 4) is 5.88 Å². The van der Waals surface area contributed by atoms with Crippen LogP contribution in [-0.4, -0.2) is 17.1 Å². The van der Waals surface area contributed by atoms with Gasteiger partial charge in [0.25, 0.3) is 0 Å². The van der Waals surface area contributed by atoms with Crippen LogP contribution in [0.5, 0.6) is 5.88 Å². The summed E-state index contributed by atoms with van der Waals surface area (Å²) in [5, 5.41) is 5.23. The number of rotatable bonds is 4. The number of anilines is 1. The van der Waals surface area contributed by atoms with Gasteiger partial charge in [-0.05, 0) is 12.1 Å². The van der Waals surface area contributed by atoms with Gasteiger partial charge in [0.1, 0.15) is 0 Å². The van der Waals surface area contributed by atoms with Crippen molar-refractivity contribution in [1.29, 1.82) is 0 Å². The molecule has 4 nitrogen and oxygen atoms in total. The Kier molecular flexibility index (Phi) is 3.14. The van der Waals surface area contributed by atoms with Crippen LogP contribution < -0.4 is 10.1 Å². The number of methoxy groups -OCH3 is 1. The Bertz CT molecular complexity index is 416. The van der Waals surface area contributed by atoms with E-state index in [1.165, 1.54) is 0 Å². The number of aromatic nitrogens is 2. The van der Waals surface area contributed by atoms with Gasteiger partial charge in [-0.15, -0.1) is 11.3 Å². The zero-order chi connectivity index (χ0) is 10.5. The maximum Gasteiger partial charge on any atom is 0.237 e. The van der Waals surface area contributed by atoms with Crippen molar-refractivity contribution < 1.29 is 4.74 Å². The standard InChI is InChI=1S/C10H11N3OS/c1-14-10-9(3-2-4-11-10)12-5-8-6-15-7-13-8/h2-4,6-7,12H,5H2,1H3. The molecule has 0 aliphatic rings. The van der Waals surface area contributed by atoms with Crippen LogP contribution in [-0.2, 0) is 6.54 Å². The molecule has 0 atom stereocenters. The normalized spacial score (nSPS) is 9.93. The second-order valence-corrected chi connectivity index (χ2v) is 3.61. The highest BCUT2D eigenvalue weighted by atomic mass is 32.1. The molecule has 15 heavy (non-hydrogen) atoms. The summed E-state index contributed by atoms with van der Waals surface area (Å²) >= 11 is 1.59. The highest BCUT2D eigenvalue weighted by Gasteiger charge is 2.02. The first-order valence-corrected chi connectivity index (χ1v) is 5.44. The molecular formula is C10H11N3OS. The highest BCUT2D eigenvalue weighted by molar-refractivity contribution is 7.07. The average molecular weight is 221 g/mol. The predicted octanol–water partition coefficient (Wildman–Crippen LogP) is 2.16. The number of pyridine rings is 1. The molecular weight excluding hydrogens is 210 g/mol. The molecule has 1 N–H and O–H groups in total. The Labute approximate surface area is 92.0 Å². The first kappa shape index (κ1) is 9.92. The van der Waals surface area contributed by atoms with Gasteiger partial charge in [-0.1, -0.05) is 0 Å². The number of thiazole rings is 1. The third-order valence-corrected chi connectivity index (χ3v) is 2.54. The van der Waals surface area contributed by atoms with Crippen molar-refractivity contribution in [3.63, 3.8) is 0 Å². The van der Waals surface area contributed by atoms with Crippen molar-refractivity contribution in [1.82, 2.24) is 9.97 Å².